The Morgan fingerprint density at radius 1 is 1.12 bits per heavy atom. The number of piperidine rings is 1. The molecule has 1 amide bonds. The zero-order chi connectivity index (χ0) is 17.0. The van der Waals surface area contributed by atoms with Gasteiger partial charge in [0.15, 0.2) is 0 Å². The van der Waals surface area contributed by atoms with Crippen LogP contribution in [0.1, 0.15) is 31.2 Å². The molecular weight excluding hydrogens is 310 g/mol. The van der Waals surface area contributed by atoms with Gasteiger partial charge in [-0.1, -0.05) is 30.3 Å². The molecule has 0 radical (unpaired) electrons. The van der Waals surface area contributed by atoms with Crippen molar-refractivity contribution in [1.29, 1.82) is 0 Å². The van der Waals surface area contributed by atoms with E-state index >= 15 is 0 Å². The monoisotopic (exact) mass is 336 g/mol. The first kappa shape index (κ1) is 17.3. The molecule has 2 aliphatic heterocycles. The summed E-state index contributed by atoms with van der Waals surface area (Å²) in [4.78, 5) is 16.5. The van der Waals surface area contributed by atoms with Gasteiger partial charge in [-0.3, -0.25) is 4.79 Å². The number of likely N-dealkylation sites (tertiary alicyclic amines) is 2. The number of aryl methyl sites for hydroxylation is 1. The third kappa shape index (κ3) is 4.53. The maximum Gasteiger partial charge on any atom is 0.251 e. The maximum absolute atomic E-state index is 13.2. The van der Waals surface area contributed by atoms with Gasteiger partial charge in [-0.2, -0.15) is 0 Å². The van der Waals surface area contributed by atoms with E-state index in [2.05, 4.69) is 29.2 Å². The van der Waals surface area contributed by atoms with Gasteiger partial charge in [-0.25, -0.2) is 8.78 Å². The summed E-state index contributed by atoms with van der Waals surface area (Å²) in [6.07, 6.45) is 2.62. The predicted molar refractivity (Wildman–Crippen MR) is 90.1 cm³/mol. The molecule has 5 heteroatoms. The van der Waals surface area contributed by atoms with E-state index in [0.717, 1.165) is 38.9 Å². The zero-order valence-electron chi connectivity index (χ0n) is 14.1. The van der Waals surface area contributed by atoms with E-state index in [1.165, 1.54) is 5.56 Å². The van der Waals surface area contributed by atoms with Crippen LogP contribution in [0.5, 0.6) is 0 Å². The van der Waals surface area contributed by atoms with Gasteiger partial charge in [0.05, 0.1) is 5.92 Å². The molecule has 1 aromatic rings. The fourth-order valence-electron chi connectivity index (χ4n) is 3.70. The Bertz CT molecular complexity index is 540. The van der Waals surface area contributed by atoms with Gasteiger partial charge in [0, 0.05) is 32.5 Å². The molecule has 3 rings (SSSR count). The van der Waals surface area contributed by atoms with Gasteiger partial charge in [0.25, 0.3) is 5.92 Å². The number of amides is 1. The minimum Gasteiger partial charge on any atom is -0.342 e. The van der Waals surface area contributed by atoms with Crippen LogP contribution < -0.4 is 0 Å². The molecule has 0 N–H and O–H groups in total. The average Bonchev–Trinajstić information content (AvgIpc) is 3.04. The molecule has 0 bridgehead atoms. The second-order valence-corrected chi connectivity index (χ2v) is 7.06. The number of hydrogen-bond acceptors (Lipinski definition) is 2. The SMILES string of the molecule is O=C(C1CCN(CCCc2ccccc2)C1)N1CCC(F)(F)CC1. The lowest BCUT2D eigenvalue weighted by atomic mass is 10.0. The number of carbonyl (C=O) groups is 1. The van der Waals surface area contributed by atoms with E-state index in [9.17, 15) is 13.6 Å². The van der Waals surface area contributed by atoms with E-state index in [1.54, 1.807) is 4.90 Å². The molecule has 132 valence electrons. The second kappa shape index (κ2) is 7.60. The van der Waals surface area contributed by atoms with E-state index in [4.69, 9.17) is 0 Å². The summed E-state index contributed by atoms with van der Waals surface area (Å²) in [5.74, 6) is -2.51. The molecule has 1 atom stereocenters. The van der Waals surface area contributed by atoms with Crippen LogP contribution >= 0.6 is 0 Å². The van der Waals surface area contributed by atoms with Crippen LogP contribution in [0.15, 0.2) is 30.3 Å². The van der Waals surface area contributed by atoms with Crippen molar-refractivity contribution in [2.45, 2.75) is 38.0 Å². The van der Waals surface area contributed by atoms with Crippen molar-refractivity contribution in [3.05, 3.63) is 35.9 Å². The predicted octanol–water partition coefficient (Wildman–Crippen LogP) is 3.20. The smallest absolute Gasteiger partial charge is 0.251 e. The summed E-state index contributed by atoms with van der Waals surface area (Å²) < 4.78 is 26.4. The largest absolute Gasteiger partial charge is 0.342 e. The van der Waals surface area contributed by atoms with Crippen molar-refractivity contribution in [1.82, 2.24) is 9.80 Å². The van der Waals surface area contributed by atoms with Gasteiger partial charge in [0.1, 0.15) is 0 Å². The number of alkyl halides is 2. The molecule has 0 saturated carbocycles. The molecule has 3 nitrogen and oxygen atoms in total. The van der Waals surface area contributed by atoms with Crippen LogP contribution in [0, 0.1) is 5.92 Å². The number of benzene rings is 1. The lowest BCUT2D eigenvalue weighted by molar-refractivity contribution is -0.141. The van der Waals surface area contributed by atoms with Crippen molar-refractivity contribution in [3.63, 3.8) is 0 Å². The average molecular weight is 336 g/mol. The summed E-state index contributed by atoms with van der Waals surface area (Å²) in [5.41, 5.74) is 1.35. The molecule has 2 aliphatic rings. The molecule has 2 heterocycles. The van der Waals surface area contributed by atoms with Gasteiger partial charge < -0.3 is 9.80 Å². The van der Waals surface area contributed by atoms with Gasteiger partial charge >= 0.3 is 0 Å². The first-order valence-electron chi connectivity index (χ1n) is 8.96. The van der Waals surface area contributed by atoms with Gasteiger partial charge in [-0.05, 0) is 37.9 Å². The van der Waals surface area contributed by atoms with E-state index < -0.39 is 5.92 Å². The van der Waals surface area contributed by atoms with E-state index in [-0.39, 0.29) is 37.8 Å². The van der Waals surface area contributed by atoms with Crippen molar-refractivity contribution >= 4 is 5.91 Å². The highest BCUT2D eigenvalue weighted by atomic mass is 19.3. The fraction of sp³-hybridized carbons (Fsp3) is 0.632. The first-order valence-corrected chi connectivity index (χ1v) is 8.96. The Balaban J connectivity index is 1.39. The van der Waals surface area contributed by atoms with Crippen LogP contribution in [0.3, 0.4) is 0 Å². The Hall–Kier alpha value is -1.49. The lowest BCUT2D eigenvalue weighted by Gasteiger charge is -2.33. The first-order chi connectivity index (χ1) is 11.5. The molecule has 24 heavy (non-hydrogen) atoms. The highest BCUT2D eigenvalue weighted by molar-refractivity contribution is 5.79. The zero-order valence-corrected chi connectivity index (χ0v) is 14.1. The highest BCUT2D eigenvalue weighted by Crippen LogP contribution is 2.29. The third-order valence-corrected chi connectivity index (χ3v) is 5.21. The number of rotatable bonds is 5. The maximum atomic E-state index is 13.2. The van der Waals surface area contributed by atoms with Crippen LogP contribution in [0.2, 0.25) is 0 Å². The molecule has 2 saturated heterocycles. The van der Waals surface area contributed by atoms with Crippen molar-refractivity contribution in [3.8, 4) is 0 Å². The fourth-order valence-corrected chi connectivity index (χ4v) is 3.70. The minimum absolute atomic E-state index is 0.00607. The molecular formula is C19H26F2N2O. The number of hydrogen-bond donors (Lipinski definition) is 0. The second-order valence-electron chi connectivity index (χ2n) is 7.06. The molecule has 1 unspecified atom stereocenters. The lowest BCUT2D eigenvalue weighted by Crippen LogP contribution is -2.45. The Kier molecular flexibility index (Phi) is 5.49. The number of nitrogens with zero attached hydrogens (tertiary/aromatic N) is 2. The Morgan fingerprint density at radius 3 is 2.54 bits per heavy atom. The van der Waals surface area contributed by atoms with Crippen molar-refractivity contribution < 1.29 is 13.6 Å². The van der Waals surface area contributed by atoms with Crippen molar-refractivity contribution in [2.75, 3.05) is 32.7 Å². The van der Waals surface area contributed by atoms with Crippen LogP contribution in [-0.2, 0) is 11.2 Å². The normalized spacial score (nSPS) is 24.2. The topological polar surface area (TPSA) is 23.6 Å². The summed E-state index contributed by atoms with van der Waals surface area (Å²) in [7, 11) is 0. The number of carbonyl (C=O) groups excluding carboxylic acids is 1. The molecule has 2 fully saturated rings. The van der Waals surface area contributed by atoms with Gasteiger partial charge in [-0.15, -0.1) is 0 Å². The standard InChI is InChI=1S/C19H26F2N2O/c20-19(21)9-13-23(14-10-19)18(24)17-8-12-22(15-17)11-4-7-16-5-2-1-3-6-16/h1-3,5-6,17H,4,7-15H2. The quantitative estimate of drug-likeness (QED) is 0.824. The summed E-state index contributed by atoms with van der Waals surface area (Å²) in [6, 6.07) is 10.4. The third-order valence-electron chi connectivity index (χ3n) is 5.21. The molecule has 1 aromatic carbocycles. The van der Waals surface area contributed by atoms with E-state index in [1.807, 2.05) is 6.07 Å². The van der Waals surface area contributed by atoms with Gasteiger partial charge in [0.2, 0.25) is 5.91 Å². The highest BCUT2D eigenvalue weighted by Gasteiger charge is 2.38. The Labute approximate surface area is 142 Å². The number of halogens is 2. The minimum atomic E-state index is -2.59. The van der Waals surface area contributed by atoms with Crippen LogP contribution in [0.25, 0.3) is 0 Å². The van der Waals surface area contributed by atoms with Crippen LogP contribution in [-0.4, -0.2) is 54.4 Å². The summed E-state index contributed by atoms with van der Waals surface area (Å²) in [6.45, 7) is 3.12. The molecule has 0 aromatic heterocycles. The van der Waals surface area contributed by atoms with Crippen molar-refractivity contribution in [2.24, 2.45) is 5.92 Å². The molecule has 0 spiro atoms. The molecule has 0 aliphatic carbocycles. The summed E-state index contributed by atoms with van der Waals surface area (Å²) >= 11 is 0. The summed E-state index contributed by atoms with van der Waals surface area (Å²) in [5, 5.41) is 0. The van der Waals surface area contributed by atoms with E-state index in [0.29, 0.717) is 0 Å². The Morgan fingerprint density at radius 2 is 1.83 bits per heavy atom. The van der Waals surface area contributed by atoms with Crippen LogP contribution in [0.4, 0.5) is 8.78 Å².